The summed E-state index contributed by atoms with van der Waals surface area (Å²) in [6.45, 7) is 2.79. The molecule has 234 valence electrons. The number of hydrogen-bond donors (Lipinski definition) is 2. The van der Waals surface area contributed by atoms with Gasteiger partial charge in [0.15, 0.2) is 0 Å². The van der Waals surface area contributed by atoms with Crippen molar-refractivity contribution in [3.05, 3.63) is 71.8 Å². The number of hydrogen-bond acceptors (Lipinski definition) is 6. The zero-order valence-corrected chi connectivity index (χ0v) is 27.3. The van der Waals surface area contributed by atoms with E-state index in [9.17, 15) is 14.4 Å². The molecule has 0 spiro atoms. The highest BCUT2D eigenvalue weighted by molar-refractivity contribution is 7.99. The molecule has 2 aromatic carbocycles. The predicted octanol–water partition coefficient (Wildman–Crippen LogP) is 5.20. The molecule has 10 heteroatoms. The highest BCUT2D eigenvalue weighted by atomic mass is 35.5. The number of benzene rings is 2. The first kappa shape index (κ1) is 33.7. The van der Waals surface area contributed by atoms with Crippen LogP contribution < -0.4 is 10.6 Å². The van der Waals surface area contributed by atoms with Crippen molar-refractivity contribution in [3.63, 3.8) is 0 Å². The van der Waals surface area contributed by atoms with Gasteiger partial charge in [0.1, 0.15) is 12.1 Å². The van der Waals surface area contributed by atoms with E-state index in [1.807, 2.05) is 24.3 Å². The molecule has 0 radical (unpaired) electrons. The Hall–Kier alpha value is -2.20. The molecule has 0 bridgehead atoms. The molecule has 1 aliphatic carbocycles. The molecule has 43 heavy (non-hydrogen) atoms. The molecule has 3 amide bonds. The summed E-state index contributed by atoms with van der Waals surface area (Å²) in [5.41, 5.74) is 1.89. The smallest absolute Gasteiger partial charge is 0.255 e. The topological polar surface area (TPSA) is 81.8 Å². The Morgan fingerprint density at radius 1 is 0.907 bits per heavy atom. The van der Waals surface area contributed by atoms with Crippen LogP contribution in [0.15, 0.2) is 60.7 Å². The molecular weight excluding hydrogens is 600 g/mol. The molecule has 0 aromatic heterocycles. The fraction of sp³-hybridized carbons (Fsp3) is 0.545. The normalized spacial score (nSPS) is 20.7. The van der Waals surface area contributed by atoms with Crippen molar-refractivity contribution in [3.8, 4) is 0 Å². The van der Waals surface area contributed by atoms with Gasteiger partial charge in [-0.3, -0.25) is 19.3 Å². The highest BCUT2D eigenvalue weighted by Crippen LogP contribution is 2.27. The van der Waals surface area contributed by atoms with E-state index in [2.05, 4.69) is 39.8 Å². The van der Waals surface area contributed by atoms with Crippen molar-refractivity contribution < 1.29 is 14.4 Å². The number of rotatable bonds is 11. The van der Waals surface area contributed by atoms with Crippen LogP contribution in [-0.2, 0) is 16.1 Å². The Bertz CT molecular complexity index is 1160. The molecule has 5 rings (SSSR count). The van der Waals surface area contributed by atoms with Crippen molar-refractivity contribution in [2.75, 3.05) is 36.2 Å². The Kier molecular flexibility index (Phi) is 13.6. The second kappa shape index (κ2) is 17.3. The monoisotopic (exact) mass is 644 g/mol. The van der Waals surface area contributed by atoms with Crippen molar-refractivity contribution in [2.45, 2.75) is 69.6 Å². The van der Waals surface area contributed by atoms with E-state index in [1.54, 1.807) is 40.6 Å². The fourth-order valence-corrected chi connectivity index (χ4v) is 8.57. The van der Waals surface area contributed by atoms with E-state index in [0.717, 1.165) is 38.2 Å². The molecule has 2 unspecified atom stereocenters. The Labute approximate surface area is 271 Å². The third kappa shape index (κ3) is 9.90. The van der Waals surface area contributed by atoms with Crippen LogP contribution in [0.1, 0.15) is 60.9 Å². The third-order valence-electron chi connectivity index (χ3n) is 8.65. The van der Waals surface area contributed by atoms with Crippen molar-refractivity contribution in [1.29, 1.82) is 0 Å². The van der Waals surface area contributed by atoms with Crippen molar-refractivity contribution in [2.24, 2.45) is 5.92 Å². The van der Waals surface area contributed by atoms with Gasteiger partial charge in [-0.15, -0.1) is 24.2 Å². The van der Waals surface area contributed by atoms with Crippen LogP contribution in [0.4, 0.5) is 0 Å². The number of thioether (sulfide) groups is 2. The summed E-state index contributed by atoms with van der Waals surface area (Å²) < 4.78 is 0. The molecular formula is C33H45ClN4O3S2. The fourth-order valence-electron chi connectivity index (χ4n) is 6.14. The maximum atomic E-state index is 13.6. The number of carbonyl (C=O) groups is 3. The van der Waals surface area contributed by atoms with Gasteiger partial charge in [-0.2, -0.15) is 11.8 Å². The second-order valence-corrected chi connectivity index (χ2v) is 13.9. The predicted molar refractivity (Wildman–Crippen MR) is 180 cm³/mol. The Morgan fingerprint density at radius 3 is 2.28 bits per heavy atom. The zero-order chi connectivity index (χ0) is 29.1. The lowest BCUT2D eigenvalue weighted by molar-refractivity contribution is -0.130. The molecule has 1 saturated carbocycles. The van der Waals surface area contributed by atoms with Crippen LogP contribution in [0.3, 0.4) is 0 Å². The van der Waals surface area contributed by atoms with E-state index in [0.29, 0.717) is 28.9 Å². The number of amides is 3. The van der Waals surface area contributed by atoms with Gasteiger partial charge in [-0.25, -0.2) is 0 Å². The van der Waals surface area contributed by atoms with Gasteiger partial charge in [-0.1, -0.05) is 67.8 Å². The first-order valence-corrected chi connectivity index (χ1v) is 17.8. The maximum absolute atomic E-state index is 13.6. The van der Waals surface area contributed by atoms with Gasteiger partial charge >= 0.3 is 0 Å². The minimum Gasteiger partial charge on any atom is -0.351 e. The summed E-state index contributed by atoms with van der Waals surface area (Å²) in [6, 6.07) is 18.5. The van der Waals surface area contributed by atoms with Crippen LogP contribution in [0, 0.1) is 5.92 Å². The van der Waals surface area contributed by atoms with Crippen LogP contribution in [-0.4, -0.2) is 81.9 Å². The number of carbonyl (C=O) groups excluding carboxylic acids is 3. The lowest BCUT2D eigenvalue weighted by atomic mass is 9.91. The van der Waals surface area contributed by atoms with Gasteiger partial charge in [0.2, 0.25) is 11.8 Å². The zero-order valence-electron chi connectivity index (χ0n) is 24.8. The van der Waals surface area contributed by atoms with Gasteiger partial charge in [0.05, 0.1) is 5.88 Å². The number of nitrogens with zero attached hydrogens (tertiary/aromatic N) is 2. The van der Waals surface area contributed by atoms with Crippen LogP contribution >= 0.6 is 35.9 Å². The maximum Gasteiger partial charge on any atom is 0.255 e. The van der Waals surface area contributed by atoms with E-state index >= 15 is 0 Å². The van der Waals surface area contributed by atoms with E-state index < -0.39 is 12.1 Å². The Balaban J connectivity index is 0.00000423. The summed E-state index contributed by atoms with van der Waals surface area (Å²) in [4.78, 5) is 44.4. The molecule has 3 fully saturated rings. The second-order valence-electron chi connectivity index (χ2n) is 11.8. The number of piperidine rings is 1. The highest BCUT2D eigenvalue weighted by Gasteiger charge is 2.37. The summed E-state index contributed by atoms with van der Waals surface area (Å²) in [5, 5.41) is 6.34. The SMILES string of the molecule is Cl.O=C(NC1CCN(Cc2ccccc2)CC1)C(CSCC1CCCCC1)NC(=O)C1CSCN1C(=O)c1ccccc1. The lowest BCUT2D eigenvalue weighted by Crippen LogP contribution is -2.56. The lowest BCUT2D eigenvalue weighted by Gasteiger charge is -2.33. The molecule has 2 saturated heterocycles. The van der Waals surface area contributed by atoms with Crippen LogP contribution in [0.2, 0.25) is 0 Å². The van der Waals surface area contributed by atoms with Crippen molar-refractivity contribution in [1.82, 2.24) is 20.4 Å². The Morgan fingerprint density at radius 2 is 1.58 bits per heavy atom. The number of nitrogens with one attached hydrogen (secondary N) is 2. The van der Waals surface area contributed by atoms with Gasteiger partial charge in [-0.05, 0) is 55.1 Å². The largest absolute Gasteiger partial charge is 0.351 e. The minimum absolute atomic E-state index is 0. The van der Waals surface area contributed by atoms with Gasteiger partial charge in [0, 0.05) is 42.7 Å². The summed E-state index contributed by atoms with van der Waals surface area (Å²) >= 11 is 3.36. The first-order valence-electron chi connectivity index (χ1n) is 15.5. The minimum atomic E-state index is -0.618. The van der Waals surface area contributed by atoms with E-state index in [-0.39, 0.29) is 36.2 Å². The van der Waals surface area contributed by atoms with E-state index in [4.69, 9.17) is 0 Å². The third-order valence-corrected chi connectivity index (χ3v) is 10.9. The molecule has 2 aliphatic heterocycles. The summed E-state index contributed by atoms with van der Waals surface area (Å²) in [7, 11) is 0. The molecule has 2 heterocycles. The number of likely N-dealkylation sites (tertiary alicyclic amines) is 1. The van der Waals surface area contributed by atoms with Gasteiger partial charge < -0.3 is 15.5 Å². The molecule has 3 aliphatic rings. The number of halogens is 1. The van der Waals surface area contributed by atoms with Crippen LogP contribution in [0.25, 0.3) is 0 Å². The molecule has 7 nitrogen and oxygen atoms in total. The van der Waals surface area contributed by atoms with E-state index in [1.165, 1.54) is 37.7 Å². The first-order chi connectivity index (χ1) is 20.6. The average Bonchev–Trinajstić information content (AvgIpc) is 3.53. The quantitative estimate of drug-likeness (QED) is 0.350. The summed E-state index contributed by atoms with van der Waals surface area (Å²) in [5.74, 6) is 2.79. The standard InChI is InChI=1S/C33H44N4O3S2.ClH/c38-31(34-28-16-18-36(19-17-28)20-25-10-4-1-5-11-25)29(22-41-21-26-12-6-2-7-13-26)35-32(39)30-23-42-24-37(30)33(40)27-14-8-3-9-15-27;/h1,3-5,8-11,14-15,26,28-30H,2,6-7,12-13,16-24H2,(H,34,38)(H,35,39);1H. The molecule has 2 atom stereocenters. The molecule has 2 aromatic rings. The molecule has 2 N–H and O–H groups in total. The average molecular weight is 645 g/mol. The van der Waals surface area contributed by atoms with Gasteiger partial charge in [0.25, 0.3) is 5.91 Å². The van der Waals surface area contributed by atoms with Crippen molar-refractivity contribution >= 4 is 53.7 Å². The summed E-state index contributed by atoms with van der Waals surface area (Å²) in [6.07, 6.45) is 8.21. The van der Waals surface area contributed by atoms with Crippen LogP contribution in [0.5, 0.6) is 0 Å².